The highest BCUT2D eigenvalue weighted by Crippen LogP contribution is 2.18. The quantitative estimate of drug-likeness (QED) is 0.821. The second-order valence-corrected chi connectivity index (χ2v) is 8.77. The van der Waals surface area contributed by atoms with E-state index in [9.17, 15) is 13.2 Å². The van der Waals surface area contributed by atoms with E-state index in [1.54, 1.807) is 36.6 Å². The lowest BCUT2D eigenvalue weighted by molar-refractivity contribution is 0.0796. The van der Waals surface area contributed by atoms with Crippen molar-refractivity contribution in [1.82, 2.24) is 14.9 Å². The minimum atomic E-state index is -2.95. The standard InChI is InChI=1S/C18H22N4O3S/c1-22(8-4-14-2-6-19-7-3-14)18(23)15-10-17(12-20-11-15)21-16-5-9-26(24,25)13-16/h2-3,6-7,10-12,16,21H,4-5,8-9,13H2,1H3. The number of amides is 1. The molecule has 0 aliphatic carbocycles. The highest BCUT2D eigenvalue weighted by molar-refractivity contribution is 7.91. The van der Waals surface area contributed by atoms with Crippen LogP contribution in [0.4, 0.5) is 5.69 Å². The molecule has 1 fully saturated rings. The summed E-state index contributed by atoms with van der Waals surface area (Å²) in [6.07, 6.45) is 7.93. The molecule has 26 heavy (non-hydrogen) atoms. The Hall–Kier alpha value is -2.48. The largest absolute Gasteiger partial charge is 0.380 e. The molecular weight excluding hydrogens is 352 g/mol. The van der Waals surface area contributed by atoms with Gasteiger partial charge in [0, 0.05) is 44.4 Å². The lowest BCUT2D eigenvalue weighted by Gasteiger charge is -2.18. The Kier molecular flexibility index (Phi) is 5.51. The van der Waals surface area contributed by atoms with Crippen molar-refractivity contribution in [3.63, 3.8) is 0 Å². The van der Waals surface area contributed by atoms with Gasteiger partial charge in [-0.15, -0.1) is 0 Å². The summed E-state index contributed by atoms with van der Waals surface area (Å²) in [4.78, 5) is 22.4. The monoisotopic (exact) mass is 374 g/mol. The molecule has 2 aromatic heterocycles. The number of anilines is 1. The summed E-state index contributed by atoms with van der Waals surface area (Å²) in [7, 11) is -1.19. The molecule has 0 radical (unpaired) electrons. The first-order valence-corrected chi connectivity index (χ1v) is 10.3. The van der Waals surface area contributed by atoms with E-state index in [4.69, 9.17) is 0 Å². The molecule has 1 saturated heterocycles. The molecule has 3 heterocycles. The molecule has 3 rings (SSSR count). The van der Waals surface area contributed by atoms with Gasteiger partial charge < -0.3 is 10.2 Å². The Morgan fingerprint density at radius 2 is 2.04 bits per heavy atom. The minimum Gasteiger partial charge on any atom is -0.380 e. The van der Waals surface area contributed by atoms with E-state index in [0.29, 0.717) is 24.2 Å². The van der Waals surface area contributed by atoms with Gasteiger partial charge in [-0.3, -0.25) is 14.8 Å². The van der Waals surface area contributed by atoms with Crippen LogP contribution in [0.3, 0.4) is 0 Å². The molecule has 1 atom stereocenters. The first kappa shape index (κ1) is 18.3. The number of aromatic nitrogens is 2. The summed E-state index contributed by atoms with van der Waals surface area (Å²) in [6.45, 7) is 0.585. The van der Waals surface area contributed by atoms with E-state index < -0.39 is 9.84 Å². The van der Waals surface area contributed by atoms with Crippen LogP contribution in [0.15, 0.2) is 43.0 Å². The molecule has 2 aromatic rings. The average molecular weight is 374 g/mol. The van der Waals surface area contributed by atoms with Gasteiger partial charge in [-0.05, 0) is 36.6 Å². The van der Waals surface area contributed by atoms with Crippen molar-refractivity contribution in [3.8, 4) is 0 Å². The number of nitrogens with one attached hydrogen (secondary N) is 1. The first-order chi connectivity index (χ1) is 12.4. The van der Waals surface area contributed by atoms with Gasteiger partial charge in [-0.25, -0.2) is 8.42 Å². The third kappa shape index (κ3) is 4.78. The van der Waals surface area contributed by atoms with Crippen molar-refractivity contribution >= 4 is 21.4 Å². The average Bonchev–Trinajstić information content (AvgIpc) is 2.98. The smallest absolute Gasteiger partial charge is 0.255 e. The number of hydrogen-bond donors (Lipinski definition) is 1. The number of rotatable bonds is 6. The molecule has 0 aromatic carbocycles. The molecule has 0 saturated carbocycles. The fraction of sp³-hybridized carbons (Fsp3) is 0.389. The van der Waals surface area contributed by atoms with Gasteiger partial charge in [0.05, 0.1) is 22.8 Å². The number of hydrogen-bond acceptors (Lipinski definition) is 6. The highest BCUT2D eigenvalue weighted by Gasteiger charge is 2.27. The Morgan fingerprint density at radius 3 is 2.73 bits per heavy atom. The van der Waals surface area contributed by atoms with Gasteiger partial charge in [-0.1, -0.05) is 0 Å². The molecule has 1 N–H and O–H groups in total. The molecular formula is C18H22N4O3S. The third-order valence-electron chi connectivity index (χ3n) is 4.42. The molecule has 1 unspecified atom stereocenters. The molecule has 1 aliphatic heterocycles. The number of carbonyl (C=O) groups excluding carboxylic acids is 1. The van der Waals surface area contributed by atoms with Gasteiger partial charge in [-0.2, -0.15) is 0 Å². The number of carbonyl (C=O) groups is 1. The summed E-state index contributed by atoms with van der Waals surface area (Å²) >= 11 is 0. The topological polar surface area (TPSA) is 92.3 Å². The molecule has 138 valence electrons. The van der Waals surface area contributed by atoms with Crippen LogP contribution in [-0.4, -0.2) is 60.3 Å². The third-order valence-corrected chi connectivity index (χ3v) is 6.19. The minimum absolute atomic E-state index is 0.116. The van der Waals surface area contributed by atoms with E-state index in [0.717, 1.165) is 12.0 Å². The van der Waals surface area contributed by atoms with Crippen LogP contribution < -0.4 is 5.32 Å². The maximum Gasteiger partial charge on any atom is 0.255 e. The molecule has 8 heteroatoms. The Balaban J connectivity index is 1.60. The summed E-state index contributed by atoms with van der Waals surface area (Å²) in [5, 5.41) is 3.17. The zero-order chi connectivity index (χ0) is 18.6. The van der Waals surface area contributed by atoms with E-state index in [-0.39, 0.29) is 23.5 Å². The van der Waals surface area contributed by atoms with E-state index in [1.807, 2.05) is 12.1 Å². The van der Waals surface area contributed by atoms with Crippen molar-refractivity contribution in [2.24, 2.45) is 0 Å². The fourth-order valence-electron chi connectivity index (χ4n) is 2.95. The maximum absolute atomic E-state index is 12.6. The molecule has 0 bridgehead atoms. The summed E-state index contributed by atoms with van der Waals surface area (Å²) in [6, 6.07) is 5.46. The van der Waals surface area contributed by atoms with Gasteiger partial charge in [0.25, 0.3) is 5.91 Å². The molecule has 1 aliphatic rings. The van der Waals surface area contributed by atoms with Crippen LogP contribution in [-0.2, 0) is 16.3 Å². The van der Waals surface area contributed by atoms with Crippen molar-refractivity contribution in [2.45, 2.75) is 18.9 Å². The predicted octanol–water partition coefficient (Wildman–Crippen LogP) is 1.39. The Labute approximate surface area is 153 Å². The van der Waals surface area contributed by atoms with Crippen LogP contribution >= 0.6 is 0 Å². The van der Waals surface area contributed by atoms with E-state index in [2.05, 4.69) is 15.3 Å². The Morgan fingerprint density at radius 1 is 1.27 bits per heavy atom. The number of likely N-dealkylation sites (N-methyl/N-ethyl adjacent to an activating group) is 1. The van der Waals surface area contributed by atoms with Gasteiger partial charge in [0.1, 0.15) is 0 Å². The SMILES string of the molecule is CN(CCc1ccncc1)C(=O)c1cncc(NC2CCS(=O)(=O)C2)c1. The highest BCUT2D eigenvalue weighted by atomic mass is 32.2. The van der Waals surface area contributed by atoms with Crippen LogP contribution in [0.1, 0.15) is 22.3 Å². The van der Waals surface area contributed by atoms with Gasteiger partial charge in [0.15, 0.2) is 9.84 Å². The molecule has 0 spiro atoms. The van der Waals surface area contributed by atoms with Crippen LogP contribution in [0.25, 0.3) is 0 Å². The van der Waals surface area contributed by atoms with Crippen molar-refractivity contribution in [3.05, 3.63) is 54.1 Å². The van der Waals surface area contributed by atoms with Crippen LogP contribution in [0, 0.1) is 0 Å². The summed E-state index contributed by atoms with van der Waals surface area (Å²) < 4.78 is 23.1. The summed E-state index contributed by atoms with van der Waals surface area (Å²) in [5.74, 6) is 0.208. The Bertz CT molecular complexity index is 871. The molecule has 1 amide bonds. The zero-order valence-electron chi connectivity index (χ0n) is 14.6. The predicted molar refractivity (Wildman–Crippen MR) is 99.8 cm³/mol. The van der Waals surface area contributed by atoms with Crippen LogP contribution in [0.2, 0.25) is 0 Å². The molecule has 7 nitrogen and oxygen atoms in total. The van der Waals surface area contributed by atoms with E-state index in [1.165, 1.54) is 6.20 Å². The number of pyridine rings is 2. The van der Waals surface area contributed by atoms with Crippen molar-refractivity contribution in [2.75, 3.05) is 30.4 Å². The number of sulfone groups is 1. The van der Waals surface area contributed by atoms with Gasteiger partial charge >= 0.3 is 0 Å². The zero-order valence-corrected chi connectivity index (χ0v) is 15.4. The van der Waals surface area contributed by atoms with Crippen LogP contribution in [0.5, 0.6) is 0 Å². The lowest BCUT2D eigenvalue weighted by Crippen LogP contribution is -2.29. The van der Waals surface area contributed by atoms with E-state index >= 15 is 0 Å². The second kappa shape index (κ2) is 7.82. The fourth-order valence-corrected chi connectivity index (χ4v) is 4.62. The van der Waals surface area contributed by atoms with Crippen molar-refractivity contribution in [1.29, 1.82) is 0 Å². The summed E-state index contributed by atoms with van der Waals surface area (Å²) in [5.41, 5.74) is 2.27. The van der Waals surface area contributed by atoms with Crippen molar-refractivity contribution < 1.29 is 13.2 Å². The second-order valence-electron chi connectivity index (χ2n) is 6.54. The maximum atomic E-state index is 12.6. The first-order valence-electron chi connectivity index (χ1n) is 8.49. The lowest BCUT2D eigenvalue weighted by atomic mass is 10.1. The van der Waals surface area contributed by atoms with Gasteiger partial charge in [0.2, 0.25) is 0 Å². The number of nitrogens with zero attached hydrogens (tertiary/aromatic N) is 3. The normalized spacial score (nSPS) is 18.4.